The van der Waals surface area contributed by atoms with Gasteiger partial charge in [-0.25, -0.2) is 10.2 Å². The predicted octanol–water partition coefficient (Wildman–Crippen LogP) is -0.0491. The van der Waals surface area contributed by atoms with Crippen molar-refractivity contribution in [3.8, 4) is 0 Å². The number of aliphatic imine (C=N–C) groups is 1. The number of nitrogens with one attached hydrogen (secondary N) is 2. The molecule has 10 heavy (non-hydrogen) atoms. The molecule has 3 N–H and O–H groups in total. The first-order chi connectivity index (χ1) is 4.79. The molecule has 1 aliphatic rings. The van der Waals surface area contributed by atoms with Crippen LogP contribution in [0.4, 0.5) is 4.79 Å². The van der Waals surface area contributed by atoms with Crippen LogP contribution in [0.3, 0.4) is 0 Å². The SMILES string of the molecule is O=C(O)NNC1=NCCC1. The molecule has 0 aromatic carbocycles. The van der Waals surface area contributed by atoms with Crippen LogP contribution in [0.25, 0.3) is 0 Å². The van der Waals surface area contributed by atoms with Crippen molar-refractivity contribution >= 4 is 11.9 Å². The molecule has 0 fully saturated rings. The number of carboxylic acid groups (broad SMARTS) is 1. The molecular weight excluding hydrogens is 134 g/mol. The molecule has 0 spiro atoms. The molecule has 56 valence electrons. The van der Waals surface area contributed by atoms with Gasteiger partial charge >= 0.3 is 6.09 Å². The summed E-state index contributed by atoms with van der Waals surface area (Å²) in [5.41, 5.74) is 4.50. The summed E-state index contributed by atoms with van der Waals surface area (Å²) in [5.74, 6) is 0.724. The standard InChI is InChI=1S/C5H9N3O2/c9-5(10)8-7-4-2-1-3-6-4/h8H,1-3H2,(H,6,7)(H,9,10). The average molecular weight is 143 g/mol. The van der Waals surface area contributed by atoms with E-state index in [2.05, 4.69) is 10.4 Å². The van der Waals surface area contributed by atoms with E-state index >= 15 is 0 Å². The Bertz CT molecular complexity index is 166. The minimum atomic E-state index is -1.09. The number of carbonyl (C=O) groups is 1. The third kappa shape index (κ3) is 1.93. The van der Waals surface area contributed by atoms with E-state index in [1.54, 1.807) is 0 Å². The van der Waals surface area contributed by atoms with Gasteiger partial charge in [0.2, 0.25) is 0 Å². The van der Waals surface area contributed by atoms with Crippen molar-refractivity contribution in [2.24, 2.45) is 4.99 Å². The van der Waals surface area contributed by atoms with Crippen molar-refractivity contribution in [3.05, 3.63) is 0 Å². The van der Waals surface area contributed by atoms with Gasteiger partial charge in [0.1, 0.15) is 5.84 Å². The molecular formula is C5H9N3O2. The van der Waals surface area contributed by atoms with Crippen LogP contribution < -0.4 is 10.9 Å². The zero-order valence-corrected chi connectivity index (χ0v) is 5.42. The molecule has 1 aliphatic heterocycles. The topological polar surface area (TPSA) is 73.7 Å². The van der Waals surface area contributed by atoms with Gasteiger partial charge < -0.3 is 5.11 Å². The van der Waals surface area contributed by atoms with E-state index in [1.165, 1.54) is 0 Å². The lowest BCUT2D eigenvalue weighted by molar-refractivity contribution is 0.192. The number of hydrogen-bond acceptors (Lipinski definition) is 3. The van der Waals surface area contributed by atoms with Crippen LogP contribution in [0.15, 0.2) is 4.99 Å². The van der Waals surface area contributed by atoms with Gasteiger partial charge in [-0.15, -0.1) is 0 Å². The Morgan fingerprint density at radius 2 is 2.50 bits per heavy atom. The minimum absolute atomic E-state index is 0.724. The lowest BCUT2D eigenvalue weighted by atomic mass is 10.3. The molecule has 0 radical (unpaired) electrons. The fourth-order valence-corrected chi connectivity index (χ4v) is 0.767. The number of hydrogen-bond donors (Lipinski definition) is 3. The first-order valence-corrected chi connectivity index (χ1v) is 3.07. The second kappa shape index (κ2) is 3.05. The Morgan fingerprint density at radius 1 is 1.70 bits per heavy atom. The molecule has 0 bridgehead atoms. The van der Waals surface area contributed by atoms with Gasteiger partial charge in [-0.1, -0.05) is 0 Å². The van der Waals surface area contributed by atoms with Crippen LogP contribution in [0.5, 0.6) is 0 Å². The summed E-state index contributed by atoms with van der Waals surface area (Å²) in [6, 6.07) is 0. The summed E-state index contributed by atoms with van der Waals surface area (Å²) in [7, 11) is 0. The fourth-order valence-electron chi connectivity index (χ4n) is 0.767. The van der Waals surface area contributed by atoms with Crippen LogP contribution >= 0.6 is 0 Å². The molecule has 1 heterocycles. The van der Waals surface area contributed by atoms with Crippen LogP contribution in [-0.2, 0) is 0 Å². The maximum absolute atomic E-state index is 9.93. The minimum Gasteiger partial charge on any atom is -0.464 e. The largest absolute Gasteiger partial charge is 0.464 e. The zero-order chi connectivity index (χ0) is 7.40. The van der Waals surface area contributed by atoms with Gasteiger partial charge in [0.05, 0.1) is 0 Å². The fraction of sp³-hybridized carbons (Fsp3) is 0.600. The van der Waals surface area contributed by atoms with Crippen molar-refractivity contribution in [1.82, 2.24) is 10.9 Å². The zero-order valence-electron chi connectivity index (χ0n) is 5.42. The maximum Gasteiger partial charge on any atom is 0.423 e. The van der Waals surface area contributed by atoms with Crippen LogP contribution in [0.1, 0.15) is 12.8 Å². The third-order valence-electron chi connectivity index (χ3n) is 1.19. The second-order valence-electron chi connectivity index (χ2n) is 1.99. The van der Waals surface area contributed by atoms with Crippen molar-refractivity contribution in [2.75, 3.05) is 6.54 Å². The first kappa shape index (κ1) is 6.85. The summed E-state index contributed by atoms with van der Waals surface area (Å²) >= 11 is 0. The van der Waals surface area contributed by atoms with Gasteiger partial charge in [0.25, 0.3) is 0 Å². The number of rotatable bonds is 0. The second-order valence-corrected chi connectivity index (χ2v) is 1.99. The lowest BCUT2D eigenvalue weighted by Gasteiger charge is -2.02. The molecule has 0 saturated heterocycles. The molecule has 0 aromatic heterocycles. The van der Waals surface area contributed by atoms with E-state index in [1.807, 2.05) is 5.43 Å². The van der Waals surface area contributed by atoms with Crippen LogP contribution in [0, 0.1) is 0 Å². The Morgan fingerprint density at radius 3 is 3.00 bits per heavy atom. The highest BCUT2D eigenvalue weighted by Gasteiger charge is 2.05. The molecule has 0 aliphatic carbocycles. The first-order valence-electron chi connectivity index (χ1n) is 3.07. The summed E-state index contributed by atoms with van der Waals surface area (Å²) in [6.07, 6.45) is 0.749. The lowest BCUT2D eigenvalue weighted by Crippen LogP contribution is -2.39. The monoisotopic (exact) mass is 143 g/mol. The molecule has 0 atom stereocenters. The van der Waals surface area contributed by atoms with Crippen LogP contribution in [-0.4, -0.2) is 23.6 Å². The van der Waals surface area contributed by atoms with Crippen molar-refractivity contribution in [1.29, 1.82) is 0 Å². The Labute approximate surface area is 58.1 Å². The number of amidine groups is 1. The highest BCUT2D eigenvalue weighted by Crippen LogP contribution is 1.99. The van der Waals surface area contributed by atoms with Gasteiger partial charge in [-0.05, 0) is 6.42 Å². The van der Waals surface area contributed by atoms with Gasteiger partial charge in [-0.3, -0.25) is 10.4 Å². The molecule has 5 heteroatoms. The quantitative estimate of drug-likeness (QED) is 0.416. The number of amides is 1. The van der Waals surface area contributed by atoms with Gasteiger partial charge in [0.15, 0.2) is 0 Å². The van der Waals surface area contributed by atoms with Crippen molar-refractivity contribution in [3.63, 3.8) is 0 Å². The van der Waals surface area contributed by atoms with Gasteiger partial charge in [0, 0.05) is 13.0 Å². The van der Waals surface area contributed by atoms with E-state index < -0.39 is 6.09 Å². The van der Waals surface area contributed by atoms with Gasteiger partial charge in [-0.2, -0.15) is 0 Å². The van der Waals surface area contributed by atoms with E-state index in [9.17, 15) is 4.79 Å². The molecule has 1 rings (SSSR count). The molecule has 1 amide bonds. The highest BCUT2D eigenvalue weighted by molar-refractivity contribution is 5.84. The molecule has 0 saturated carbocycles. The van der Waals surface area contributed by atoms with E-state index in [0.29, 0.717) is 0 Å². The predicted molar refractivity (Wildman–Crippen MR) is 35.8 cm³/mol. The molecule has 0 aromatic rings. The van der Waals surface area contributed by atoms with E-state index in [4.69, 9.17) is 5.11 Å². The summed E-state index contributed by atoms with van der Waals surface area (Å²) in [5, 5.41) is 8.15. The van der Waals surface area contributed by atoms with E-state index in [0.717, 1.165) is 25.2 Å². The molecule has 0 unspecified atom stereocenters. The number of hydrazine groups is 1. The number of nitrogens with zero attached hydrogens (tertiary/aromatic N) is 1. The Hall–Kier alpha value is -1.26. The Balaban J connectivity index is 2.19. The average Bonchev–Trinajstić information content (AvgIpc) is 2.34. The van der Waals surface area contributed by atoms with Crippen molar-refractivity contribution in [2.45, 2.75) is 12.8 Å². The van der Waals surface area contributed by atoms with Crippen molar-refractivity contribution < 1.29 is 9.90 Å². The van der Waals surface area contributed by atoms with Crippen LogP contribution in [0.2, 0.25) is 0 Å². The summed E-state index contributed by atoms with van der Waals surface area (Å²) in [6.45, 7) is 0.795. The normalized spacial score (nSPS) is 16.2. The van der Waals surface area contributed by atoms with E-state index in [-0.39, 0.29) is 0 Å². The Kier molecular flexibility index (Phi) is 2.09. The maximum atomic E-state index is 9.93. The summed E-state index contributed by atoms with van der Waals surface area (Å²) in [4.78, 5) is 13.9. The highest BCUT2D eigenvalue weighted by atomic mass is 16.4. The smallest absolute Gasteiger partial charge is 0.423 e. The summed E-state index contributed by atoms with van der Waals surface area (Å²) < 4.78 is 0. The third-order valence-corrected chi connectivity index (χ3v) is 1.19. The molecule has 5 nitrogen and oxygen atoms in total.